The van der Waals surface area contributed by atoms with E-state index in [-0.39, 0.29) is 5.41 Å². The van der Waals surface area contributed by atoms with E-state index in [0.717, 1.165) is 33.0 Å². The molecule has 0 aliphatic rings. The van der Waals surface area contributed by atoms with Crippen LogP contribution in [0, 0.1) is 0 Å². The molecule has 0 saturated heterocycles. The average Bonchev–Trinajstić information content (AvgIpc) is 3.31. The van der Waals surface area contributed by atoms with Crippen LogP contribution in [-0.4, -0.2) is 15.0 Å². The predicted octanol–water partition coefficient (Wildman–Crippen LogP) is 5.89. The summed E-state index contributed by atoms with van der Waals surface area (Å²) < 4.78 is 5.85. The maximum Gasteiger partial charge on any atom is 0.218 e. The molecule has 4 aromatic rings. The van der Waals surface area contributed by atoms with Crippen molar-refractivity contribution in [3.8, 4) is 0 Å². The molecule has 0 aliphatic carbocycles. The second-order valence-corrected chi connectivity index (χ2v) is 8.14. The van der Waals surface area contributed by atoms with Crippen molar-refractivity contribution in [3.63, 3.8) is 0 Å². The van der Waals surface area contributed by atoms with E-state index < -0.39 is 0 Å². The Morgan fingerprint density at radius 3 is 2.70 bits per heavy atom. The van der Waals surface area contributed by atoms with Gasteiger partial charge in [-0.3, -0.25) is 0 Å². The molecule has 27 heavy (non-hydrogen) atoms. The third kappa shape index (κ3) is 3.90. The van der Waals surface area contributed by atoms with Crippen molar-refractivity contribution >= 4 is 45.2 Å². The fourth-order valence-electron chi connectivity index (χ4n) is 2.67. The Morgan fingerprint density at radius 1 is 1.07 bits per heavy atom. The summed E-state index contributed by atoms with van der Waals surface area (Å²) in [5.74, 6) is 2.25. The van der Waals surface area contributed by atoms with Crippen LogP contribution in [0.25, 0.3) is 22.9 Å². The lowest BCUT2D eigenvalue weighted by Gasteiger charge is -2.12. The molecule has 0 bridgehead atoms. The van der Waals surface area contributed by atoms with Crippen molar-refractivity contribution in [2.75, 3.05) is 5.32 Å². The number of nitrogens with zero attached hydrogens (tertiary/aromatic N) is 3. The molecule has 1 aromatic carbocycles. The Morgan fingerprint density at radius 2 is 1.96 bits per heavy atom. The Kier molecular flexibility index (Phi) is 4.49. The number of hydrogen-bond donors (Lipinski definition) is 1. The Bertz CT molecular complexity index is 1090. The van der Waals surface area contributed by atoms with Gasteiger partial charge in [-0.25, -0.2) is 15.0 Å². The molecular formula is C21H20N4OS. The first kappa shape index (κ1) is 17.4. The Balaban J connectivity index is 1.65. The lowest BCUT2D eigenvalue weighted by Crippen LogP contribution is -2.09. The van der Waals surface area contributed by atoms with Crippen molar-refractivity contribution in [1.29, 1.82) is 0 Å². The van der Waals surface area contributed by atoms with E-state index in [1.54, 1.807) is 23.7 Å². The third-order valence-corrected chi connectivity index (χ3v) is 4.82. The highest BCUT2D eigenvalue weighted by atomic mass is 32.1. The molecule has 0 radical (unpaired) electrons. The highest BCUT2D eigenvalue weighted by Crippen LogP contribution is 2.26. The average molecular weight is 376 g/mol. The molecule has 3 aromatic heterocycles. The quantitative estimate of drug-likeness (QED) is 0.481. The minimum atomic E-state index is -0.0550. The van der Waals surface area contributed by atoms with E-state index in [1.165, 1.54) is 0 Å². The standard InChI is InChI=1S/C21H20N4OS/c1-21(2,3)17-13-24-19(26-17)8-7-14-5-4-6-15-12-23-18(11-16(14)15)25-20-22-9-10-27-20/h4-13H,1-3H3,(H,22,23,25)/b8-7+. The zero-order valence-electron chi connectivity index (χ0n) is 15.4. The van der Waals surface area contributed by atoms with Gasteiger partial charge in [-0.15, -0.1) is 11.3 Å². The Labute approximate surface area is 161 Å². The summed E-state index contributed by atoms with van der Waals surface area (Å²) in [7, 11) is 0. The highest BCUT2D eigenvalue weighted by molar-refractivity contribution is 7.13. The first-order valence-corrected chi connectivity index (χ1v) is 9.57. The summed E-state index contributed by atoms with van der Waals surface area (Å²) in [6.07, 6.45) is 9.35. The number of aromatic nitrogens is 3. The summed E-state index contributed by atoms with van der Waals surface area (Å²) in [4.78, 5) is 13.1. The second kappa shape index (κ2) is 6.96. The molecule has 0 spiro atoms. The summed E-state index contributed by atoms with van der Waals surface area (Å²) >= 11 is 1.54. The van der Waals surface area contributed by atoms with E-state index in [9.17, 15) is 0 Å². The molecular weight excluding hydrogens is 356 g/mol. The van der Waals surface area contributed by atoms with Crippen LogP contribution in [0.4, 0.5) is 10.9 Å². The molecule has 0 saturated carbocycles. The summed E-state index contributed by atoms with van der Waals surface area (Å²) in [6, 6.07) is 8.18. The topological polar surface area (TPSA) is 63.8 Å². The van der Waals surface area contributed by atoms with E-state index in [0.29, 0.717) is 5.89 Å². The van der Waals surface area contributed by atoms with Crippen LogP contribution in [0.3, 0.4) is 0 Å². The van der Waals surface area contributed by atoms with Gasteiger partial charge in [-0.05, 0) is 23.1 Å². The van der Waals surface area contributed by atoms with Crippen LogP contribution in [-0.2, 0) is 5.41 Å². The number of rotatable bonds is 4. The van der Waals surface area contributed by atoms with Gasteiger partial charge in [0, 0.05) is 34.7 Å². The van der Waals surface area contributed by atoms with Crippen molar-refractivity contribution in [3.05, 3.63) is 65.5 Å². The molecule has 1 N–H and O–H groups in total. The maximum atomic E-state index is 5.85. The lowest BCUT2D eigenvalue weighted by atomic mass is 9.94. The molecule has 4 rings (SSSR count). The molecule has 0 fully saturated rings. The van der Waals surface area contributed by atoms with Gasteiger partial charge in [0.25, 0.3) is 0 Å². The fourth-order valence-corrected chi connectivity index (χ4v) is 3.21. The molecule has 0 aliphatic heterocycles. The molecule has 0 atom stereocenters. The van der Waals surface area contributed by atoms with Crippen LogP contribution in [0.5, 0.6) is 0 Å². The number of benzene rings is 1. The number of hydrogen-bond acceptors (Lipinski definition) is 6. The van der Waals surface area contributed by atoms with Gasteiger partial charge in [0.05, 0.1) is 6.20 Å². The fraction of sp³-hybridized carbons (Fsp3) is 0.190. The zero-order chi connectivity index (χ0) is 18.9. The number of fused-ring (bicyclic) bond motifs is 1. The van der Waals surface area contributed by atoms with Gasteiger partial charge in [0.2, 0.25) is 5.89 Å². The summed E-state index contributed by atoms with van der Waals surface area (Å²) in [5.41, 5.74) is 1.02. The van der Waals surface area contributed by atoms with Crippen LogP contribution < -0.4 is 5.32 Å². The van der Waals surface area contributed by atoms with Crippen molar-refractivity contribution < 1.29 is 4.42 Å². The Hall–Kier alpha value is -2.99. The number of thiazole rings is 1. The predicted molar refractivity (Wildman–Crippen MR) is 111 cm³/mol. The van der Waals surface area contributed by atoms with Crippen LogP contribution >= 0.6 is 11.3 Å². The minimum Gasteiger partial charge on any atom is -0.441 e. The van der Waals surface area contributed by atoms with Crippen molar-refractivity contribution in [2.24, 2.45) is 0 Å². The molecule has 3 heterocycles. The van der Waals surface area contributed by atoms with Gasteiger partial charge in [0.15, 0.2) is 5.13 Å². The maximum absolute atomic E-state index is 5.85. The van der Waals surface area contributed by atoms with E-state index in [2.05, 4.69) is 53.2 Å². The minimum absolute atomic E-state index is 0.0550. The van der Waals surface area contributed by atoms with Gasteiger partial charge in [-0.1, -0.05) is 39.0 Å². The number of anilines is 2. The van der Waals surface area contributed by atoms with E-state index in [1.807, 2.05) is 35.9 Å². The summed E-state index contributed by atoms with van der Waals surface area (Å²) in [6.45, 7) is 6.32. The van der Waals surface area contributed by atoms with Gasteiger partial charge in [0.1, 0.15) is 11.6 Å². The number of nitrogens with one attached hydrogen (secondary N) is 1. The largest absolute Gasteiger partial charge is 0.441 e. The van der Waals surface area contributed by atoms with Gasteiger partial charge < -0.3 is 9.73 Å². The van der Waals surface area contributed by atoms with Crippen LogP contribution in [0.1, 0.15) is 38.0 Å². The monoisotopic (exact) mass is 376 g/mol. The first-order chi connectivity index (χ1) is 13.0. The van der Waals surface area contributed by atoms with E-state index >= 15 is 0 Å². The van der Waals surface area contributed by atoms with Crippen LogP contribution in [0.15, 0.2) is 52.7 Å². The number of oxazole rings is 1. The van der Waals surface area contributed by atoms with Crippen molar-refractivity contribution in [2.45, 2.75) is 26.2 Å². The first-order valence-electron chi connectivity index (χ1n) is 8.69. The smallest absolute Gasteiger partial charge is 0.218 e. The third-order valence-electron chi connectivity index (χ3n) is 4.13. The molecule has 0 unspecified atom stereocenters. The molecule has 6 heteroatoms. The van der Waals surface area contributed by atoms with Crippen LogP contribution in [0.2, 0.25) is 0 Å². The van der Waals surface area contributed by atoms with Gasteiger partial charge >= 0.3 is 0 Å². The second-order valence-electron chi connectivity index (χ2n) is 7.25. The molecule has 5 nitrogen and oxygen atoms in total. The normalized spacial score (nSPS) is 12.1. The SMILES string of the molecule is CC(C)(C)c1cnc(/C=C/c2cccc3cnc(Nc4nccs4)cc23)o1. The summed E-state index contributed by atoms with van der Waals surface area (Å²) in [5, 5.41) is 8.17. The highest BCUT2D eigenvalue weighted by Gasteiger charge is 2.18. The number of pyridine rings is 1. The van der Waals surface area contributed by atoms with Crippen molar-refractivity contribution in [1.82, 2.24) is 15.0 Å². The zero-order valence-corrected chi connectivity index (χ0v) is 16.2. The molecule has 136 valence electrons. The lowest BCUT2D eigenvalue weighted by molar-refractivity contribution is 0.403. The van der Waals surface area contributed by atoms with E-state index in [4.69, 9.17) is 4.42 Å². The van der Waals surface area contributed by atoms with Gasteiger partial charge in [-0.2, -0.15) is 0 Å². The molecule has 0 amide bonds.